The first kappa shape index (κ1) is 23.9. The Hall–Kier alpha value is -2.10. The molecule has 154 valence electrons. The molecule has 0 aliphatic rings. The third-order valence-electron chi connectivity index (χ3n) is 3.96. The highest BCUT2D eigenvalue weighted by molar-refractivity contribution is 14.0. The minimum Gasteiger partial charge on any atom is -0.357 e. The van der Waals surface area contributed by atoms with Gasteiger partial charge in [0.2, 0.25) is 5.91 Å². The number of rotatable bonds is 9. The number of aliphatic imine (C=N–C) groups is 1. The third-order valence-corrected chi connectivity index (χ3v) is 3.96. The van der Waals surface area contributed by atoms with E-state index in [0.29, 0.717) is 19.6 Å². The summed E-state index contributed by atoms with van der Waals surface area (Å²) in [5.41, 5.74) is 2.28. The Morgan fingerprint density at radius 2 is 1.86 bits per heavy atom. The summed E-state index contributed by atoms with van der Waals surface area (Å²) >= 11 is 0. The zero-order valence-corrected chi connectivity index (χ0v) is 19.1. The van der Waals surface area contributed by atoms with Gasteiger partial charge in [0, 0.05) is 44.5 Å². The molecule has 1 heterocycles. The van der Waals surface area contributed by atoms with Crippen molar-refractivity contribution in [3.63, 3.8) is 0 Å². The highest BCUT2D eigenvalue weighted by Crippen LogP contribution is 2.09. The van der Waals surface area contributed by atoms with Crippen molar-refractivity contribution in [2.45, 2.75) is 27.2 Å². The first-order valence-corrected chi connectivity index (χ1v) is 9.49. The largest absolute Gasteiger partial charge is 0.357 e. The molecule has 28 heavy (non-hydrogen) atoms. The van der Waals surface area contributed by atoms with Gasteiger partial charge in [-0.3, -0.25) is 9.79 Å². The summed E-state index contributed by atoms with van der Waals surface area (Å²) in [4.78, 5) is 16.1. The maximum absolute atomic E-state index is 11.6. The highest BCUT2D eigenvalue weighted by atomic mass is 127. The van der Waals surface area contributed by atoms with Crippen molar-refractivity contribution in [3.8, 4) is 5.69 Å². The first-order valence-electron chi connectivity index (χ1n) is 9.49. The maximum atomic E-state index is 11.6. The number of carbonyl (C=O) groups excluding carboxylic acids is 1. The minimum atomic E-state index is 0. The molecule has 0 aliphatic carbocycles. The zero-order chi connectivity index (χ0) is 19.5. The van der Waals surface area contributed by atoms with Gasteiger partial charge in [-0.15, -0.1) is 24.0 Å². The van der Waals surface area contributed by atoms with Crippen LogP contribution in [0.1, 0.15) is 26.3 Å². The number of guanidine groups is 1. The van der Waals surface area contributed by atoms with Crippen molar-refractivity contribution in [1.29, 1.82) is 0 Å². The second kappa shape index (κ2) is 13.1. The summed E-state index contributed by atoms with van der Waals surface area (Å²) in [6, 6.07) is 10.2. The lowest BCUT2D eigenvalue weighted by molar-refractivity contribution is -0.123. The van der Waals surface area contributed by atoms with E-state index in [0.717, 1.165) is 24.6 Å². The van der Waals surface area contributed by atoms with Gasteiger partial charge in [0.25, 0.3) is 0 Å². The summed E-state index contributed by atoms with van der Waals surface area (Å²) in [5.74, 6) is 0.841. The van der Waals surface area contributed by atoms with Gasteiger partial charge in [-0.2, -0.15) is 5.10 Å². The molecule has 1 aromatic carbocycles. The molecule has 2 aromatic rings. The fourth-order valence-electron chi connectivity index (χ4n) is 2.45. The summed E-state index contributed by atoms with van der Waals surface area (Å²) < 4.78 is 1.84. The topological polar surface area (TPSA) is 83.3 Å². The van der Waals surface area contributed by atoms with Crippen LogP contribution in [0.2, 0.25) is 0 Å². The molecule has 0 saturated carbocycles. The maximum Gasteiger partial charge on any atom is 0.222 e. The molecule has 0 bridgehead atoms. The van der Waals surface area contributed by atoms with Crippen LogP contribution >= 0.6 is 24.0 Å². The SMILES string of the molecule is CCNC(=NCCc1ccc(-n2cccn2)cc1)NCCNC(=O)C(C)C.I. The minimum absolute atomic E-state index is 0. The van der Waals surface area contributed by atoms with Gasteiger partial charge >= 0.3 is 0 Å². The zero-order valence-electron chi connectivity index (χ0n) is 16.8. The van der Waals surface area contributed by atoms with Crippen LogP contribution in [0.5, 0.6) is 0 Å². The summed E-state index contributed by atoms with van der Waals surface area (Å²) in [6.07, 6.45) is 4.56. The van der Waals surface area contributed by atoms with E-state index >= 15 is 0 Å². The normalized spacial score (nSPS) is 11.1. The fraction of sp³-hybridized carbons (Fsp3) is 0.450. The van der Waals surface area contributed by atoms with E-state index in [-0.39, 0.29) is 35.8 Å². The molecular weight excluding hydrogens is 467 g/mol. The lowest BCUT2D eigenvalue weighted by Gasteiger charge is -2.12. The molecule has 2 rings (SSSR count). The lowest BCUT2D eigenvalue weighted by atomic mass is 10.1. The number of nitrogens with one attached hydrogen (secondary N) is 3. The van der Waals surface area contributed by atoms with Crippen molar-refractivity contribution < 1.29 is 4.79 Å². The Bertz CT molecular complexity index is 713. The van der Waals surface area contributed by atoms with Crippen molar-refractivity contribution in [1.82, 2.24) is 25.7 Å². The monoisotopic (exact) mass is 498 g/mol. The van der Waals surface area contributed by atoms with E-state index in [4.69, 9.17) is 0 Å². The van der Waals surface area contributed by atoms with Crippen LogP contribution in [0.3, 0.4) is 0 Å². The quantitative estimate of drug-likeness (QED) is 0.215. The predicted octanol–water partition coefficient (Wildman–Crippen LogP) is 2.36. The van der Waals surface area contributed by atoms with E-state index in [1.165, 1.54) is 5.56 Å². The fourth-order valence-corrected chi connectivity index (χ4v) is 2.45. The van der Waals surface area contributed by atoms with E-state index in [1.54, 1.807) is 6.20 Å². The average molecular weight is 498 g/mol. The number of benzene rings is 1. The summed E-state index contributed by atoms with van der Waals surface area (Å²) in [6.45, 7) is 8.51. The Morgan fingerprint density at radius 3 is 2.46 bits per heavy atom. The second-order valence-corrected chi connectivity index (χ2v) is 6.50. The number of amides is 1. The van der Waals surface area contributed by atoms with E-state index < -0.39 is 0 Å². The number of halogens is 1. The molecule has 0 unspecified atom stereocenters. The molecule has 0 spiro atoms. The molecule has 3 N–H and O–H groups in total. The van der Waals surface area contributed by atoms with E-state index in [9.17, 15) is 4.79 Å². The molecule has 0 radical (unpaired) electrons. The van der Waals surface area contributed by atoms with Gasteiger partial charge in [0.15, 0.2) is 5.96 Å². The van der Waals surface area contributed by atoms with Crippen molar-refractivity contribution in [3.05, 3.63) is 48.3 Å². The van der Waals surface area contributed by atoms with Crippen LogP contribution in [0.4, 0.5) is 0 Å². The molecule has 0 fully saturated rings. The average Bonchev–Trinajstić information content (AvgIpc) is 3.20. The standard InChI is InChI=1S/C20H30N6O.HI/c1-4-21-20(24-14-13-22-19(27)16(2)3)23-12-10-17-6-8-18(9-7-17)26-15-5-11-25-26;/h5-9,11,15-16H,4,10,12-14H2,1-3H3,(H,22,27)(H2,21,23,24);1H. The van der Waals surface area contributed by atoms with Gasteiger partial charge in [-0.1, -0.05) is 26.0 Å². The molecular formula is C20H31IN6O. The number of carbonyl (C=O) groups is 1. The Balaban J connectivity index is 0.00000392. The molecule has 1 aromatic heterocycles. The lowest BCUT2D eigenvalue weighted by Crippen LogP contribution is -2.42. The summed E-state index contributed by atoms with van der Waals surface area (Å²) in [5, 5.41) is 13.6. The highest BCUT2D eigenvalue weighted by Gasteiger charge is 2.05. The molecule has 0 saturated heterocycles. The predicted molar refractivity (Wildman–Crippen MR) is 125 cm³/mol. The number of nitrogens with zero attached hydrogens (tertiary/aromatic N) is 3. The third kappa shape index (κ3) is 8.28. The molecule has 0 aliphatic heterocycles. The van der Waals surface area contributed by atoms with Crippen LogP contribution in [0.15, 0.2) is 47.7 Å². The van der Waals surface area contributed by atoms with Crippen molar-refractivity contribution in [2.75, 3.05) is 26.2 Å². The van der Waals surface area contributed by atoms with E-state index in [1.807, 2.05) is 37.7 Å². The number of aromatic nitrogens is 2. The van der Waals surface area contributed by atoms with Crippen LogP contribution in [-0.2, 0) is 11.2 Å². The van der Waals surface area contributed by atoms with Gasteiger partial charge in [0.1, 0.15) is 0 Å². The van der Waals surface area contributed by atoms with Crippen molar-refractivity contribution in [2.24, 2.45) is 10.9 Å². The Labute approximate surface area is 184 Å². The molecule has 7 nitrogen and oxygen atoms in total. The van der Waals surface area contributed by atoms with Gasteiger partial charge in [-0.25, -0.2) is 4.68 Å². The summed E-state index contributed by atoms with van der Waals surface area (Å²) in [7, 11) is 0. The van der Waals surface area contributed by atoms with E-state index in [2.05, 4.69) is 50.3 Å². The second-order valence-electron chi connectivity index (χ2n) is 6.50. The van der Waals surface area contributed by atoms with Gasteiger partial charge in [0.05, 0.1) is 5.69 Å². The molecule has 0 atom stereocenters. The molecule has 8 heteroatoms. The Morgan fingerprint density at radius 1 is 1.14 bits per heavy atom. The first-order chi connectivity index (χ1) is 13.1. The van der Waals surface area contributed by atoms with Gasteiger partial charge in [-0.05, 0) is 37.1 Å². The van der Waals surface area contributed by atoms with Crippen LogP contribution in [0.25, 0.3) is 5.69 Å². The molecule has 1 amide bonds. The smallest absolute Gasteiger partial charge is 0.222 e. The van der Waals surface area contributed by atoms with Crippen LogP contribution in [0, 0.1) is 5.92 Å². The number of hydrogen-bond donors (Lipinski definition) is 3. The number of hydrogen-bond acceptors (Lipinski definition) is 3. The van der Waals surface area contributed by atoms with Gasteiger partial charge < -0.3 is 16.0 Å². The van der Waals surface area contributed by atoms with Crippen LogP contribution < -0.4 is 16.0 Å². The van der Waals surface area contributed by atoms with Crippen molar-refractivity contribution >= 4 is 35.8 Å². The van der Waals surface area contributed by atoms with Crippen LogP contribution in [-0.4, -0.2) is 47.8 Å². The Kier molecular flexibility index (Phi) is 11.2.